The van der Waals surface area contributed by atoms with Crippen LogP contribution in [0.5, 0.6) is 5.75 Å². The third kappa shape index (κ3) is 3.03. The van der Waals surface area contributed by atoms with E-state index in [1.54, 1.807) is 17.9 Å². The van der Waals surface area contributed by atoms with Gasteiger partial charge < -0.3 is 9.64 Å². The molecule has 0 atom stereocenters. The van der Waals surface area contributed by atoms with Gasteiger partial charge in [0.05, 0.1) is 24.9 Å². The molecule has 5 rings (SSSR count). The van der Waals surface area contributed by atoms with E-state index < -0.39 is 0 Å². The molecule has 0 amide bonds. The van der Waals surface area contributed by atoms with Gasteiger partial charge in [-0.15, -0.1) is 0 Å². The minimum atomic E-state index is 0.0400. The Kier molecular flexibility index (Phi) is 4.26. The van der Waals surface area contributed by atoms with Gasteiger partial charge in [-0.05, 0) is 55.5 Å². The molecule has 0 radical (unpaired) electrons. The van der Waals surface area contributed by atoms with Crippen molar-refractivity contribution in [1.29, 1.82) is 0 Å². The van der Waals surface area contributed by atoms with Gasteiger partial charge in [0.15, 0.2) is 0 Å². The van der Waals surface area contributed by atoms with Crippen LogP contribution in [0.1, 0.15) is 24.1 Å². The fraction of sp³-hybridized carbons (Fsp3) is 0.409. The van der Waals surface area contributed by atoms with Crippen LogP contribution in [0.2, 0.25) is 0 Å². The molecule has 6 heteroatoms. The third-order valence-electron chi connectivity index (χ3n) is 5.93. The lowest BCUT2D eigenvalue weighted by atomic mass is 9.96. The molecule has 0 saturated carbocycles. The van der Waals surface area contributed by atoms with Crippen molar-refractivity contribution in [2.75, 3.05) is 25.1 Å². The molecule has 28 heavy (non-hydrogen) atoms. The van der Waals surface area contributed by atoms with Crippen LogP contribution in [0.3, 0.4) is 0 Å². The van der Waals surface area contributed by atoms with Crippen molar-refractivity contribution in [3.8, 4) is 5.75 Å². The van der Waals surface area contributed by atoms with Crippen molar-refractivity contribution in [3.63, 3.8) is 0 Å². The first-order valence-electron chi connectivity index (χ1n) is 9.99. The number of hydrogen-bond acceptors (Lipinski definition) is 5. The Bertz CT molecular complexity index is 1090. The summed E-state index contributed by atoms with van der Waals surface area (Å²) in [5.41, 5.74) is 4.45. The Hall–Kier alpha value is -2.89. The molecule has 6 nitrogen and oxygen atoms in total. The number of nitrogens with zero attached hydrogens (tertiary/aromatic N) is 4. The van der Waals surface area contributed by atoms with Crippen LogP contribution in [-0.2, 0) is 19.4 Å². The molecule has 2 aromatic heterocycles. The molecule has 1 fully saturated rings. The van der Waals surface area contributed by atoms with Crippen LogP contribution in [0.25, 0.3) is 10.9 Å². The Morgan fingerprint density at radius 3 is 2.86 bits per heavy atom. The van der Waals surface area contributed by atoms with Gasteiger partial charge in [-0.2, -0.15) is 5.10 Å². The van der Waals surface area contributed by atoms with Crippen LogP contribution in [0, 0.1) is 5.92 Å². The molecule has 1 aliphatic carbocycles. The first kappa shape index (κ1) is 17.2. The Morgan fingerprint density at radius 2 is 2.00 bits per heavy atom. The maximum Gasteiger partial charge on any atom is 0.267 e. The lowest BCUT2D eigenvalue weighted by Gasteiger charge is -2.41. The van der Waals surface area contributed by atoms with Crippen LogP contribution in [0.4, 0.5) is 5.69 Å². The zero-order chi connectivity index (χ0) is 19.1. The van der Waals surface area contributed by atoms with Crippen LogP contribution in [0.15, 0.2) is 41.3 Å². The summed E-state index contributed by atoms with van der Waals surface area (Å²) >= 11 is 0. The third-order valence-corrected chi connectivity index (χ3v) is 5.93. The number of fused-ring (bicyclic) bond motifs is 2. The predicted molar refractivity (Wildman–Crippen MR) is 109 cm³/mol. The molecule has 0 unspecified atom stereocenters. The summed E-state index contributed by atoms with van der Waals surface area (Å²) in [4.78, 5) is 19.2. The highest BCUT2D eigenvalue weighted by molar-refractivity contribution is 5.92. The summed E-state index contributed by atoms with van der Waals surface area (Å²) in [6, 6.07) is 9.83. The quantitative estimate of drug-likeness (QED) is 0.701. The summed E-state index contributed by atoms with van der Waals surface area (Å²) in [5, 5.41) is 5.77. The lowest BCUT2D eigenvalue weighted by molar-refractivity contribution is 0.332. The van der Waals surface area contributed by atoms with E-state index in [2.05, 4.69) is 21.0 Å². The highest BCUT2D eigenvalue weighted by atomic mass is 16.5. The minimum absolute atomic E-state index is 0.0400. The number of hydrogen-bond donors (Lipinski definition) is 0. The monoisotopic (exact) mass is 376 g/mol. The summed E-state index contributed by atoms with van der Waals surface area (Å²) in [6.07, 6.45) is 6.19. The van der Waals surface area contributed by atoms with Gasteiger partial charge in [0.2, 0.25) is 0 Å². The van der Waals surface area contributed by atoms with Crippen LogP contribution < -0.4 is 15.2 Å². The Labute approximate surface area is 163 Å². The second kappa shape index (κ2) is 6.93. The van der Waals surface area contributed by atoms with Crippen molar-refractivity contribution in [2.24, 2.45) is 5.92 Å². The largest absolute Gasteiger partial charge is 0.497 e. The highest BCUT2D eigenvalue weighted by Gasteiger charge is 2.29. The van der Waals surface area contributed by atoms with E-state index in [1.807, 2.05) is 24.4 Å². The first-order valence-corrected chi connectivity index (χ1v) is 9.99. The molecular formula is C22H24N4O2. The molecule has 1 aliphatic heterocycles. The van der Waals surface area contributed by atoms with E-state index >= 15 is 0 Å². The maximum absolute atomic E-state index is 12.4. The summed E-state index contributed by atoms with van der Waals surface area (Å²) in [6.45, 7) is 2.53. The zero-order valence-electron chi connectivity index (χ0n) is 16.1. The number of ether oxygens (including phenoxy) is 1. The van der Waals surface area contributed by atoms with E-state index in [-0.39, 0.29) is 5.56 Å². The van der Waals surface area contributed by atoms with E-state index in [9.17, 15) is 4.79 Å². The minimum Gasteiger partial charge on any atom is -0.497 e. The number of methoxy groups -OCH3 is 1. The molecule has 144 valence electrons. The Balaban J connectivity index is 1.33. The smallest absolute Gasteiger partial charge is 0.267 e. The van der Waals surface area contributed by atoms with Gasteiger partial charge in [-0.25, -0.2) is 4.68 Å². The van der Waals surface area contributed by atoms with Crippen molar-refractivity contribution in [3.05, 3.63) is 58.1 Å². The Morgan fingerprint density at radius 1 is 1.14 bits per heavy atom. The molecule has 2 aliphatic rings. The second-order valence-corrected chi connectivity index (χ2v) is 7.83. The second-order valence-electron chi connectivity index (χ2n) is 7.83. The number of benzene rings is 1. The van der Waals surface area contributed by atoms with Gasteiger partial charge in [0, 0.05) is 42.3 Å². The van der Waals surface area contributed by atoms with E-state index in [1.165, 1.54) is 18.5 Å². The molecule has 0 N–H and O–H groups in total. The molecule has 0 bridgehead atoms. The van der Waals surface area contributed by atoms with Crippen LogP contribution >= 0.6 is 0 Å². The molecule has 1 aromatic carbocycles. The van der Waals surface area contributed by atoms with Gasteiger partial charge >= 0.3 is 0 Å². The fourth-order valence-electron chi connectivity index (χ4n) is 4.37. The SMILES string of the molecule is COc1ccc2nccc(N3CC(Cn4nc5c(cc4=O)CCCC5)C3)c2c1. The highest BCUT2D eigenvalue weighted by Crippen LogP contribution is 2.33. The number of anilines is 1. The summed E-state index contributed by atoms with van der Waals surface area (Å²) < 4.78 is 7.06. The summed E-state index contributed by atoms with van der Waals surface area (Å²) in [5.74, 6) is 1.27. The molecular weight excluding hydrogens is 352 g/mol. The van der Waals surface area contributed by atoms with Gasteiger partial charge in [-0.3, -0.25) is 9.78 Å². The van der Waals surface area contributed by atoms with Crippen molar-refractivity contribution in [1.82, 2.24) is 14.8 Å². The standard InChI is InChI=1S/C22H24N4O2/c1-28-17-6-7-20-18(11-17)21(8-9-23-20)25-12-15(13-25)14-26-22(27)10-16-4-2-3-5-19(16)24-26/h6-11,15H,2-5,12-14H2,1H3. The predicted octanol–water partition coefficient (Wildman–Crippen LogP) is 2.82. The average molecular weight is 376 g/mol. The van der Waals surface area contributed by atoms with Gasteiger partial charge in [0.25, 0.3) is 5.56 Å². The lowest BCUT2D eigenvalue weighted by Crippen LogP contribution is -2.50. The maximum atomic E-state index is 12.4. The van der Waals surface area contributed by atoms with Crippen molar-refractivity contribution >= 4 is 16.6 Å². The van der Waals surface area contributed by atoms with E-state index in [0.717, 1.165) is 53.8 Å². The average Bonchev–Trinajstić information content (AvgIpc) is 2.70. The normalized spacial score (nSPS) is 16.7. The fourth-order valence-corrected chi connectivity index (χ4v) is 4.37. The number of pyridine rings is 1. The summed E-state index contributed by atoms with van der Waals surface area (Å²) in [7, 11) is 1.68. The molecule has 0 spiro atoms. The van der Waals surface area contributed by atoms with Crippen molar-refractivity contribution < 1.29 is 4.74 Å². The van der Waals surface area contributed by atoms with Crippen molar-refractivity contribution in [2.45, 2.75) is 32.2 Å². The number of aryl methyl sites for hydroxylation is 2. The van der Waals surface area contributed by atoms with Crippen LogP contribution in [-0.4, -0.2) is 35.0 Å². The zero-order valence-corrected chi connectivity index (χ0v) is 16.1. The molecule has 1 saturated heterocycles. The number of rotatable bonds is 4. The van der Waals surface area contributed by atoms with Gasteiger partial charge in [-0.1, -0.05) is 0 Å². The first-order chi connectivity index (χ1) is 13.7. The van der Waals surface area contributed by atoms with E-state index in [4.69, 9.17) is 4.74 Å². The molecule has 3 heterocycles. The van der Waals surface area contributed by atoms with E-state index in [0.29, 0.717) is 12.5 Å². The topological polar surface area (TPSA) is 60.2 Å². The molecule has 3 aromatic rings. The van der Waals surface area contributed by atoms with Gasteiger partial charge in [0.1, 0.15) is 5.75 Å². The number of aromatic nitrogens is 3.